The molecule has 0 aliphatic heterocycles. The maximum Gasteiger partial charge on any atom is 0.326 e. The zero-order chi connectivity index (χ0) is 65.2. The molecule has 91 heavy (non-hydrogen) atoms. The molecule has 0 unspecified atom stereocenters. The van der Waals surface area contributed by atoms with E-state index in [1.807, 2.05) is 24.9 Å². The highest BCUT2D eigenvalue weighted by Crippen LogP contribution is 2.20. The predicted molar refractivity (Wildman–Crippen MR) is 400 cm³/mol. The number of hydrogen-bond acceptors (Lipinski definition) is 5. The Morgan fingerprint density at radius 1 is 0.330 bits per heavy atom. The fourth-order valence-corrected chi connectivity index (χ4v) is 11.5. The van der Waals surface area contributed by atoms with E-state index in [1.54, 1.807) is 17.1 Å². The molecule has 7 nitrogen and oxygen atoms in total. The van der Waals surface area contributed by atoms with Gasteiger partial charge in [0.1, 0.15) is 12.6 Å². The van der Waals surface area contributed by atoms with E-state index in [4.69, 9.17) is 9.47 Å². The van der Waals surface area contributed by atoms with Crippen LogP contribution in [0.15, 0.2) is 135 Å². The van der Waals surface area contributed by atoms with Gasteiger partial charge in [0.2, 0.25) is 0 Å². The third-order valence-electron chi connectivity index (χ3n) is 17.3. The summed E-state index contributed by atoms with van der Waals surface area (Å²) in [5.74, 6) is -0.136. The van der Waals surface area contributed by atoms with E-state index < -0.39 is 0 Å². The van der Waals surface area contributed by atoms with E-state index in [-0.39, 0.29) is 18.6 Å². The average Bonchev–Trinajstić information content (AvgIpc) is 4.43. The number of unbranched alkanes of at least 4 members (excludes halogenated alkanes) is 36. The Hall–Kier alpha value is -4.23. The highest BCUT2D eigenvalue weighted by atomic mass is 16.5. The summed E-state index contributed by atoms with van der Waals surface area (Å²) in [6.45, 7) is 11.0. The van der Waals surface area contributed by atoms with E-state index in [9.17, 15) is 4.79 Å². The number of carbonyl (C=O) groups is 1. The number of rotatable bonds is 67. The maximum atomic E-state index is 12.6. The van der Waals surface area contributed by atoms with Gasteiger partial charge in [-0.2, -0.15) is 0 Å². The van der Waals surface area contributed by atoms with Crippen LogP contribution < -0.4 is 0 Å². The van der Waals surface area contributed by atoms with Crippen LogP contribution in [0.1, 0.15) is 362 Å². The first kappa shape index (κ1) is 84.8. The molecule has 0 saturated heterocycles. The maximum absolute atomic E-state index is 12.6. The first-order chi connectivity index (χ1) is 45.1. The van der Waals surface area contributed by atoms with Gasteiger partial charge in [0, 0.05) is 31.3 Å². The Balaban J connectivity index is 0.000000910. The molecule has 0 N–H and O–H groups in total. The third kappa shape index (κ3) is 65.6. The summed E-state index contributed by atoms with van der Waals surface area (Å²) in [4.78, 5) is 20.8. The van der Waals surface area contributed by atoms with Crippen molar-refractivity contribution < 1.29 is 14.3 Å². The van der Waals surface area contributed by atoms with Gasteiger partial charge in [0.25, 0.3) is 0 Å². The topological polar surface area (TPSA) is 71.2 Å². The molecule has 2 heterocycles. The lowest BCUT2D eigenvalue weighted by Gasteiger charge is -2.18. The third-order valence-corrected chi connectivity index (χ3v) is 17.3. The second kappa shape index (κ2) is 73.2. The average molecular weight is 1260 g/mol. The molecule has 520 valence electrons. The molecular weight excluding hydrogens is 1110 g/mol. The summed E-state index contributed by atoms with van der Waals surface area (Å²) in [5, 5.41) is 0. The van der Waals surface area contributed by atoms with Gasteiger partial charge in [-0.25, -0.2) is 9.97 Å². The van der Waals surface area contributed by atoms with Crippen molar-refractivity contribution >= 4 is 5.97 Å². The van der Waals surface area contributed by atoms with Gasteiger partial charge in [-0.3, -0.25) is 4.79 Å². The smallest absolute Gasteiger partial charge is 0.326 e. The first-order valence-corrected chi connectivity index (χ1v) is 39.0. The summed E-state index contributed by atoms with van der Waals surface area (Å²) in [7, 11) is 0. The molecule has 2 aromatic heterocycles. The van der Waals surface area contributed by atoms with Crippen LogP contribution in [0.3, 0.4) is 0 Å². The SMILES string of the molecule is CCCCC/C=C\C/C=C\CCCCCCCCC(CCCCCCCC/C=C\C/C=C\CCCCC)OC(=O)Cn1ccnc1.CCCCC/C=C\C/C=C\CCCCCCCCC(CCCCCCCC/C=C\C/C=C\CCCCC)OCCn1ccnc1. The van der Waals surface area contributed by atoms with Gasteiger partial charge in [-0.05, 0) is 167 Å². The summed E-state index contributed by atoms with van der Waals surface area (Å²) >= 11 is 0. The molecule has 0 aromatic carbocycles. The van der Waals surface area contributed by atoms with Crippen LogP contribution >= 0.6 is 0 Å². The lowest BCUT2D eigenvalue weighted by Crippen LogP contribution is -2.21. The van der Waals surface area contributed by atoms with Gasteiger partial charge in [-0.15, -0.1) is 0 Å². The van der Waals surface area contributed by atoms with Gasteiger partial charge in [0.15, 0.2) is 0 Å². The fourth-order valence-electron chi connectivity index (χ4n) is 11.5. The van der Waals surface area contributed by atoms with E-state index in [1.165, 1.54) is 283 Å². The molecule has 7 heteroatoms. The van der Waals surface area contributed by atoms with E-state index in [0.29, 0.717) is 6.10 Å². The van der Waals surface area contributed by atoms with Crippen molar-refractivity contribution in [3.63, 3.8) is 0 Å². The molecule has 0 radical (unpaired) electrons. The molecular formula is C84H146N4O3. The number of esters is 1. The van der Waals surface area contributed by atoms with Crippen LogP contribution in [0.5, 0.6) is 0 Å². The minimum Gasteiger partial charge on any atom is -0.461 e. The van der Waals surface area contributed by atoms with E-state index >= 15 is 0 Å². The molecule has 0 saturated carbocycles. The number of ether oxygens (including phenoxy) is 2. The summed E-state index contributed by atoms with van der Waals surface area (Å²) in [6, 6.07) is 0. The van der Waals surface area contributed by atoms with Crippen LogP contribution in [0.4, 0.5) is 0 Å². The molecule has 0 aliphatic carbocycles. The van der Waals surface area contributed by atoms with Crippen LogP contribution in [0.25, 0.3) is 0 Å². The number of aromatic nitrogens is 4. The molecule has 0 aliphatic rings. The minimum absolute atomic E-state index is 0.0488. The number of imidazole rings is 2. The van der Waals surface area contributed by atoms with Gasteiger partial charge >= 0.3 is 5.97 Å². The molecule has 2 aromatic rings. The van der Waals surface area contributed by atoms with Crippen LogP contribution in [0, 0.1) is 0 Å². The summed E-state index contributed by atoms with van der Waals surface area (Å²) in [6.07, 6.45) is 115. The zero-order valence-electron chi connectivity index (χ0n) is 60.3. The van der Waals surface area contributed by atoms with Gasteiger partial charge in [0.05, 0.1) is 25.4 Å². The predicted octanol–water partition coefficient (Wildman–Crippen LogP) is 26.9. The highest BCUT2D eigenvalue weighted by molar-refractivity contribution is 5.69. The van der Waals surface area contributed by atoms with Crippen molar-refractivity contribution in [2.75, 3.05) is 6.61 Å². The first-order valence-electron chi connectivity index (χ1n) is 39.0. The van der Waals surface area contributed by atoms with Crippen LogP contribution in [0.2, 0.25) is 0 Å². The summed E-state index contributed by atoms with van der Waals surface area (Å²) < 4.78 is 16.3. The van der Waals surface area contributed by atoms with Crippen molar-refractivity contribution in [3.8, 4) is 0 Å². The quantitative estimate of drug-likeness (QED) is 0.0375. The van der Waals surface area contributed by atoms with Crippen molar-refractivity contribution in [2.24, 2.45) is 0 Å². The van der Waals surface area contributed by atoms with Gasteiger partial charge in [-0.1, -0.05) is 292 Å². The largest absolute Gasteiger partial charge is 0.461 e. The van der Waals surface area contributed by atoms with Gasteiger partial charge < -0.3 is 18.6 Å². The molecule has 2 rings (SSSR count). The van der Waals surface area contributed by atoms with Crippen molar-refractivity contribution in [3.05, 3.63) is 135 Å². The molecule has 0 atom stereocenters. The van der Waals surface area contributed by atoms with Crippen LogP contribution in [-0.2, 0) is 27.4 Å². The lowest BCUT2D eigenvalue weighted by atomic mass is 10.0. The normalized spacial score (nSPS) is 12.3. The Labute approximate surface area is 564 Å². The molecule has 0 spiro atoms. The van der Waals surface area contributed by atoms with E-state index in [0.717, 1.165) is 64.5 Å². The Kier molecular flexibility index (Phi) is 68.2. The number of allylic oxidation sites excluding steroid dienone is 16. The van der Waals surface area contributed by atoms with Crippen LogP contribution in [-0.4, -0.2) is 43.9 Å². The van der Waals surface area contributed by atoms with Crippen molar-refractivity contribution in [1.29, 1.82) is 0 Å². The summed E-state index contributed by atoms with van der Waals surface area (Å²) in [5.41, 5.74) is 0. The highest BCUT2D eigenvalue weighted by Gasteiger charge is 2.15. The lowest BCUT2D eigenvalue weighted by molar-refractivity contribution is -0.150. The number of carbonyl (C=O) groups excluding carboxylic acids is 1. The van der Waals surface area contributed by atoms with Crippen molar-refractivity contribution in [2.45, 2.75) is 387 Å². The number of hydrogen-bond donors (Lipinski definition) is 0. The van der Waals surface area contributed by atoms with E-state index in [2.05, 4.69) is 139 Å². The van der Waals surface area contributed by atoms with Crippen molar-refractivity contribution in [1.82, 2.24) is 19.1 Å². The minimum atomic E-state index is -0.136. The number of nitrogens with zero attached hydrogens (tertiary/aromatic N) is 4. The second-order valence-electron chi connectivity index (χ2n) is 26.1. The molecule has 0 amide bonds. The second-order valence-corrected chi connectivity index (χ2v) is 26.1. The monoisotopic (exact) mass is 1260 g/mol. The molecule has 0 bridgehead atoms. The zero-order valence-corrected chi connectivity index (χ0v) is 60.3. The molecule has 0 fully saturated rings. The Morgan fingerprint density at radius 2 is 0.593 bits per heavy atom. The Morgan fingerprint density at radius 3 is 0.879 bits per heavy atom. The standard InChI is InChI=1S/C42H72N2O2.C42H74N2O/c1-3-5-7-9-11-13-15-17-19-21-23-25-27-29-31-33-35-41(46-42(45)39-44-38-37-43-40-44)36-34-32-30-28-26-24-22-20-18-16-14-12-10-8-6-4-2;1-3-5-7-9-11-13-15-17-19-21-23-25-27-29-31-33-35-42(45-40-39-44-38-37-43-41-44)36-34-32-30-28-26-24-22-20-18-16-14-12-10-8-6-4-2/h11-14,17-20,37-38,40-41H,3-10,15-16,21-36,39H2,1-2H3;11-14,17-20,37-38,41-42H,3-10,15-16,21-36,39-40H2,1-2H3/b2*13-11-,14-12-,19-17-,20-18-. The fraction of sp³-hybridized carbons (Fsp3) is 0.726. The Bertz CT molecular complexity index is 1880.